The fourth-order valence-corrected chi connectivity index (χ4v) is 4.53. The molecule has 1 fully saturated rings. The lowest BCUT2D eigenvalue weighted by atomic mass is 10.2. The van der Waals surface area contributed by atoms with Gasteiger partial charge in [0.2, 0.25) is 5.12 Å². The second-order valence-electron chi connectivity index (χ2n) is 6.89. The second kappa shape index (κ2) is 9.32. The van der Waals surface area contributed by atoms with Crippen LogP contribution >= 0.6 is 23.1 Å². The number of nitrogens with zero attached hydrogens (tertiary/aromatic N) is 3. The normalized spacial score (nSPS) is 13.7. The lowest BCUT2D eigenvalue weighted by Gasteiger charge is -2.16. The van der Waals surface area contributed by atoms with E-state index in [2.05, 4.69) is 22.4 Å². The van der Waals surface area contributed by atoms with Crippen molar-refractivity contribution < 1.29 is 14.3 Å². The number of thiazole rings is 1. The van der Waals surface area contributed by atoms with Crippen molar-refractivity contribution in [1.29, 1.82) is 0 Å². The Morgan fingerprint density at radius 1 is 1.10 bits per heavy atom. The largest absolute Gasteiger partial charge is 0.492 e. The summed E-state index contributed by atoms with van der Waals surface area (Å²) < 4.78 is 5.85. The second-order valence-corrected chi connectivity index (χ2v) is 8.74. The van der Waals surface area contributed by atoms with E-state index in [-0.39, 0.29) is 16.9 Å². The summed E-state index contributed by atoms with van der Waals surface area (Å²) in [4.78, 5) is 31.4. The van der Waals surface area contributed by atoms with Crippen LogP contribution in [-0.2, 0) is 11.3 Å². The third-order valence-electron chi connectivity index (χ3n) is 4.66. The Hall–Kier alpha value is -2.84. The lowest BCUT2D eigenvalue weighted by Crippen LogP contribution is -2.24. The molecule has 0 spiro atoms. The first-order valence-corrected chi connectivity index (χ1v) is 11.2. The molecule has 0 radical (unpaired) electrons. The van der Waals surface area contributed by atoms with E-state index >= 15 is 0 Å². The predicted molar refractivity (Wildman–Crippen MR) is 121 cm³/mol. The van der Waals surface area contributed by atoms with E-state index in [0.717, 1.165) is 39.5 Å². The quantitative estimate of drug-likeness (QED) is 0.514. The van der Waals surface area contributed by atoms with E-state index in [0.29, 0.717) is 19.7 Å². The van der Waals surface area contributed by atoms with Gasteiger partial charge in [0.15, 0.2) is 5.13 Å². The number of rotatable bonds is 8. The minimum atomic E-state index is -0.180. The molecule has 4 rings (SSSR count). The van der Waals surface area contributed by atoms with Crippen LogP contribution < -0.4 is 9.64 Å². The highest BCUT2D eigenvalue weighted by Crippen LogP contribution is 2.26. The van der Waals surface area contributed by atoms with Crippen LogP contribution in [0.2, 0.25) is 0 Å². The molecule has 30 heavy (non-hydrogen) atoms. The van der Waals surface area contributed by atoms with Gasteiger partial charge >= 0.3 is 0 Å². The minimum Gasteiger partial charge on any atom is -0.492 e. The molecule has 1 aliphatic rings. The first-order chi connectivity index (χ1) is 14.6. The van der Waals surface area contributed by atoms with Crippen LogP contribution in [0.4, 0.5) is 9.93 Å². The van der Waals surface area contributed by atoms with Crippen LogP contribution in [-0.4, -0.2) is 47.0 Å². The van der Waals surface area contributed by atoms with Crippen LogP contribution in [0.1, 0.15) is 5.56 Å². The smallest absolute Gasteiger partial charge is 0.290 e. The number of carbonyl (C=O) groups excluding carboxylic acids is 2. The van der Waals surface area contributed by atoms with Gasteiger partial charge in [0.05, 0.1) is 18.8 Å². The van der Waals surface area contributed by atoms with E-state index < -0.39 is 0 Å². The maximum absolute atomic E-state index is 11.7. The number of ether oxygens (including phenoxy) is 1. The van der Waals surface area contributed by atoms with Crippen molar-refractivity contribution in [2.75, 3.05) is 31.6 Å². The fraction of sp³-hybridized carbons (Fsp3) is 0.227. The number of amides is 1. The van der Waals surface area contributed by atoms with Gasteiger partial charge in [-0.3, -0.25) is 9.59 Å². The van der Waals surface area contributed by atoms with Gasteiger partial charge in [-0.1, -0.05) is 42.5 Å². The van der Waals surface area contributed by atoms with E-state index in [4.69, 9.17) is 9.72 Å². The molecule has 1 aliphatic heterocycles. The van der Waals surface area contributed by atoms with Gasteiger partial charge in [-0.2, -0.15) is 0 Å². The zero-order valence-electron chi connectivity index (χ0n) is 16.5. The van der Waals surface area contributed by atoms with Gasteiger partial charge in [-0.15, -0.1) is 11.3 Å². The maximum Gasteiger partial charge on any atom is 0.290 e. The fourth-order valence-electron chi connectivity index (χ4n) is 3.02. The van der Waals surface area contributed by atoms with Crippen LogP contribution in [0.5, 0.6) is 5.75 Å². The topological polar surface area (TPSA) is 62.7 Å². The molecule has 1 aromatic heterocycles. The summed E-state index contributed by atoms with van der Waals surface area (Å²) in [6, 6.07) is 17.8. The summed E-state index contributed by atoms with van der Waals surface area (Å²) in [5, 5.41) is 2.74. The molecule has 6 nitrogen and oxygen atoms in total. The third kappa shape index (κ3) is 5.01. The molecule has 3 aromatic rings. The number of aromatic nitrogens is 1. The molecule has 0 N–H and O–H groups in total. The summed E-state index contributed by atoms with van der Waals surface area (Å²) >= 11 is 2.39. The molecule has 0 unspecified atom stereocenters. The molecule has 0 saturated carbocycles. The highest BCUT2D eigenvalue weighted by Gasteiger charge is 2.28. The number of hydrogen-bond donors (Lipinski definition) is 0. The van der Waals surface area contributed by atoms with Gasteiger partial charge in [-0.25, -0.2) is 4.98 Å². The van der Waals surface area contributed by atoms with Crippen molar-refractivity contribution >= 4 is 38.6 Å². The summed E-state index contributed by atoms with van der Waals surface area (Å²) in [5.74, 6) is 0.773. The number of hydrogen-bond acceptors (Lipinski definition) is 7. The minimum absolute atomic E-state index is 0.0970. The Bertz CT molecular complexity index is 1020. The molecular weight excluding hydrogens is 418 g/mol. The molecule has 2 aromatic carbocycles. The number of anilines is 1. The number of benzene rings is 2. The van der Waals surface area contributed by atoms with Gasteiger partial charge in [0.25, 0.3) is 5.24 Å². The summed E-state index contributed by atoms with van der Waals surface area (Å²) in [7, 11) is 2.01. The predicted octanol–water partition coefficient (Wildman–Crippen LogP) is 4.52. The Labute approximate surface area is 183 Å². The van der Waals surface area contributed by atoms with Crippen LogP contribution in [0.15, 0.2) is 60.0 Å². The molecule has 2 heterocycles. The van der Waals surface area contributed by atoms with Crippen molar-refractivity contribution in [3.8, 4) is 17.0 Å². The highest BCUT2D eigenvalue weighted by atomic mass is 32.2. The van der Waals surface area contributed by atoms with Crippen molar-refractivity contribution in [1.82, 2.24) is 9.88 Å². The van der Waals surface area contributed by atoms with Gasteiger partial charge < -0.3 is 14.5 Å². The monoisotopic (exact) mass is 439 g/mol. The Morgan fingerprint density at radius 3 is 2.57 bits per heavy atom. The molecule has 1 saturated heterocycles. The number of carbonyl (C=O) groups is 2. The molecule has 8 heteroatoms. The first-order valence-electron chi connectivity index (χ1n) is 9.52. The average molecular weight is 440 g/mol. The summed E-state index contributed by atoms with van der Waals surface area (Å²) in [5.41, 5.74) is 3.07. The first kappa shape index (κ1) is 20.4. The average Bonchev–Trinajstić information content (AvgIpc) is 3.37. The molecule has 1 amide bonds. The van der Waals surface area contributed by atoms with Gasteiger partial charge in [-0.05, 0) is 17.7 Å². The van der Waals surface area contributed by atoms with E-state index in [9.17, 15) is 9.59 Å². The molecule has 0 atom stereocenters. The SMILES string of the molecule is CN(CCOc1ccc(CN2CC(=O)SC2=O)cc1)c1nc(-c2ccccc2)cs1. The van der Waals surface area contributed by atoms with E-state index in [1.807, 2.05) is 49.5 Å². The summed E-state index contributed by atoms with van der Waals surface area (Å²) in [6.45, 7) is 1.86. The van der Waals surface area contributed by atoms with Gasteiger partial charge in [0.1, 0.15) is 12.4 Å². The molecular formula is C22H21N3O3S2. The van der Waals surface area contributed by atoms with Crippen LogP contribution in [0, 0.1) is 0 Å². The zero-order chi connectivity index (χ0) is 20.9. The van der Waals surface area contributed by atoms with E-state index in [1.54, 1.807) is 16.2 Å². The molecule has 154 valence electrons. The standard InChI is InChI=1S/C22H21N3O3S2/c1-24(21-23-19(15-29-21)17-5-3-2-4-6-17)11-12-28-18-9-7-16(8-10-18)13-25-14-20(26)30-22(25)27/h2-10,15H,11-14H2,1H3. The Balaban J connectivity index is 1.25. The Morgan fingerprint density at radius 2 is 1.87 bits per heavy atom. The van der Waals surface area contributed by atoms with Crippen molar-refractivity contribution in [3.05, 3.63) is 65.5 Å². The van der Waals surface area contributed by atoms with Gasteiger partial charge in [0, 0.05) is 36.3 Å². The number of likely N-dealkylation sites (N-methyl/N-ethyl adjacent to an activating group) is 1. The lowest BCUT2D eigenvalue weighted by molar-refractivity contribution is -0.110. The molecule has 0 bridgehead atoms. The van der Waals surface area contributed by atoms with E-state index in [1.165, 1.54) is 0 Å². The number of thioether (sulfide) groups is 1. The van der Waals surface area contributed by atoms with Crippen molar-refractivity contribution in [3.63, 3.8) is 0 Å². The third-order valence-corrected chi connectivity index (χ3v) is 6.40. The van der Waals surface area contributed by atoms with Crippen molar-refractivity contribution in [2.45, 2.75) is 6.54 Å². The highest BCUT2D eigenvalue weighted by molar-refractivity contribution is 8.26. The molecule has 0 aliphatic carbocycles. The maximum atomic E-state index is 11.7. The Kier molecular flexibility index (Phi) is 6.35. The zero-order valence-corrected chi connectivity index (χ0v) is 18.1. The van der Waals surface area contributed by atoms with Crippen LogP contribution in [0.25, 0.3) is 11.3 Å². The van der Waals surface area contributed by atoms with Crippen LogP contribution in [0.3, 0.4) is 0 Å². The summed E-state index contributed by atoms with van der Waals surface area (Å²) in [6.07, 6.45) is 0. The van der Waals surface area contributed by atoms with Crippen molar-refractivity contribution in [2.24, 2.45) is 0 Å².